The van der Waals surface area contributed by atoms with Gasteiger partial charge in [0.25, 0.3) is 5.91 Å². The third kappa shape index (κ3) is 6.12. The number of ether oxygens (including phenoxy) is 1. The Morgan fingerprint density at radius 2 is 1.71 bits per heavy atom. The number of rotatable bonds is 10. The number of hydrogen-bond donors (Lipinski definition) is 1. The SMILES string of the molecule is CCNC(=O)C(CC)N(CCc1ccccc1)C(=O)COc1ccccc1C. The zero-order valence-electron chi connectivity index (χ0n) is 17.0. The van der Waals surface area contributed by atoms with Crippen LogP contribution in [0.2, 0.25) is 0 Å². The Kier molecular flexibility index (Phi) is 8.53. The van der Waals surface area contributed by atoms with Gasteiger partial charge in [-0.25, -0.2) is 0 Å². The maximum Gasteiger partial charge on any atom is 0.261 e. The third-order valence-electron chi connectivity index (χ3n) is 4.67. The lowest BCUT2D eigenvalue weighted by Crippen LogP contribution is -2.51. The molecule has 0 spiro atoms. The van der Waals surface area contributed by atoms with Gasteiger partial charge in [0, 0.05) is 13.1 Å². The summed E-state index contributed by atoms with van der Waals surface area (Å²) < 4.78 is 5.74. The fourth-order valence-electron chi connectivity index (χ4n) is 3.13. The van der Waals surface area contributed by atoms with Gasteiger partial charge in [-0.1, -0.05) is 55.5 Å². The van der Waals surface area contributed by atoms with Gasteiger partial charge in [0.2, 0.25) is 5.91 Å². The lowest BCUT2D eigenvalue weighted by Gasteiger charge is -2.30. The summed E-state index contributed by atoms with van der Waals surface area (Å²) in [5, 5.41) is 2.84. The molecule has 28 heavy (non-hydrogen) atoms. The van der Waals surface area contributed by atoms with Crippen molar-refractivity contribution in [2.24, 2.45) is 0 Å². The minimum atomic E-state index is -0.503. The summed E-state index contributed by atoms with van der Waals surface area (Å²) in [6.45, 7) is 6.66. The van der Waals surface area contributed by atoms with Gasteiger partial charge in [0.15, 0.2) is 6.61 Å². The van der Waals surface area contributed by atoms with Gasteiger partial charge in [-0.05, 0) is 43.9 Å². The number of hydrogen-bond acceptors (Lipinski definition) is 3. The molecule has 5 heteroatoms. The first-order valence-corrected chi connectivity index (χ1v) is 9.86. The molecular formula is C23H30N2O3. The molecule has 2 aromatic rings. The number of aryl methyl sites for hydroxylation is 1. The maximum atomic E-state index is 13.0. The molecule has 0 fully saturated rings. The Labute approximate surface area is 167 Å². The number of para-hydroxylation sites is 1. The smallest absolute Gasteiger partial charge is 0.261 e. The van der Waals surface area contributed by atoms with E-state index in [4.69, 9.17) is 4.74 Å². The second kappa shape index (κ2) is 11.1. The van der Waals surface area contributed by atoms with Gasteiger partial charge in [-0.2, -0.15) is 0 Å². The summed E-state index contributed by atoms with van der Waals surface area (Å²) in [6.07, 6.45) is 1.24. The largest absolute Gasteiger partial charge is 0.484 e. The van der Waals surface area contributed by atoms with Crippen molar-refractivity contribution in [2.75, 3.05) is 19.7 Å². The summed E-state index contributed by atoms with van der Waals surface area (Å²) in [5.41, 5.74) is 2.10. The van der Waals surface area contributed by atoms with Crippen molar-refractivity contribution in [1.29, 1.82) is 0 Å². The first-order chi connectivity index (χ1) is 13.6. The number of likely N-dealkylation sites (N-methyl/N-ethyl adjacent to an activating group) is 1. The molecule has 0 radical (unpaired) electrons. The molecule has 2 amide bonds. The summed E-state index contributed by atoms with van der Waals surface area (Å²) in [5.74, 6) is 0.379. The van der Waals surface area contributed by atoms with Crippen LogP contribution in [0.3, 0.4) is 0 Å². The van der Waals surface area contributed by atoms with E-state index < -0.39 is 6.04 Å². The highest BCUT2D eigenvalue weighted by Crippen LogP contribution is 2.17. The Hall–Kier alpha value is -2.82. The van der Waals surface area contributed by atoms with Crippen LogP contribution in [-0.2, 0) is 16.0 Å². The van der Waals surface area contributed by atoms with Crippen molar-refractivity contribution in [3.8, 4) is 5.75 Å². The minimum absolute atomic E-state index is 0.0877. The topological polar surface area (TPSA) is 58.6 Å². The van der Waals surface area contributed by atoms with E-state index >= 15 is 0 Å². The van der Waals surface area contributed by atoms with Crippen LogP contribution < -0.4 is 10.1 Å². The number of amides is 2. The van der Waals surface area contributed by atoms with E-state index in [0.29, 0.717) is 31.7 Å². The lowest BCUT2D eigenvalue weighted by atomic mass is 10.1. The molecule has 0 heterocycles. The first-order valence-electron chi connectivity index (χ1n) is 9.86. The second-order valence-corrected chi connectivity index (χ2v) is 6.70. The zero-order chi connectivity index (χ0) is 20.4. The zero-order valence-corrected chi connectivity index (χ0v) is 17.0. The number of carbonyl (C=O) groups excluding carboxylic acids is 2. The molecule has 150 valence electrons. The molecule has 0 bridgehead atoms. The predicted octanol–water partition coefficient (Wildman–Crippen LogP) is 3.36. The molecule has 0 aromatic heterocycles. The van der Waals surface area contributed by atoms with Gasteiger partial charge >= 0.3 is 0 Å². The Balaban J connectivity index is 2.11. The molecule has 1 N–H and O–H groups in total. The third-order valence-corrected chi connectivity index (χ3v) is 4.67. The van der Waals surface area contributed by atoms with Crippen LogP contribution >= 0.6 is 0 Å². The minimum Gasteiger partial charge on any atom is -0.484 e. The van der Waals surface area contributed by atoms with E-state index in [1.807, 2.05) is 75.4 Å². The number of benzene rings is 2. The summed E-state index contributed by atoms with van der Waals surface area (Å²) in [4.78, 5) is 27.1. The molecule has 1 atom stereocenters. The van der Waals surface area contributed by atoms with Crippen molar-refractivity contribution < 1.29 is 14.3 Å². The van der Waals surface area contributed by atoms with E-state index in [0.717, 1.165) is 11.1 Å². The van der Waals surface area contributed by atoms with Crippen LogP contribution in [0.25, 0.3) is 0 Å². The summed E-state index contributed by atoms with van der Waals surface area (Å²) >= 11 is 0. The quantitative estimate of drug-likeness (QED) is 0.685. The van der Waals surface area contributed by atoms with Crippen molar-refractivity contribution in [2.45, 2.75) is 39.7 Å². The van der Waals surface area contributed by atoms with Gasteiger partial charge < -0.3 is 15.0 Å². The predicted molar refractivity (Wildman–Crippen MR) is 111 cm³/mol. The molecule has 1 unspecified atom stereocenters. The molecule has 0 aliphatic carbocycles. The van der Waals surface area contributed by atoms with Crippen LogP contribution in [0.1, 0.15) is 31.4 Å². The fraction of sp³-hybridized carbons (Fsp3) is 0.391. The van der Waals surface area contributed by atoms with Crippen LogP contribution in [0.15, 0.2) is 54.6 Å². The standard InChI is InChI=1S/C23H30N2O3/c1-4-20(23(27)24-5-2)25(16-15-19-12-7-6-8-13-19)22(26)17-28-21-14-10-9-11-18(21)3/h6-14,20H,4-5,15-17H2,1-3H3,(H,24,27). The van der Waals surface area contributed by atoms with E-state index in [-0.39, 0.29) is 18.4 Å². The van der Waals surface area contributed by atoms with E-state index in [9.17, 15) is 9.59 Å². The molecule has 0 aliphatic heterocycles. The van der Waals surface area contributed by atoms with Crippen molar-refractivity contribution in [1.82, 2.24) is 10.2 Å². The molecule has 0 aliphatic rings. The number of carbonyl (C=O) groups is 2. The highest BCUT2D eigenvalue weighted by molar-refractivity contribution is 5.88. The number of nitrogens with zero attached hydrogens (tertiary/aromatic N) is 1. The maximum absolute atomic E-state index is 13.0. The fourth-order valence-corrected chi connectivity index (χ4v) is 3.13. The molecule has 5 nitrogen and oxygen atoms in total. The van der Waals surface area contributed by atoms with Crippen molar-refractivity contribution >= 4 is 11.8 Å². The highest BCUT2D eigenvalue weighted by Gasteiger charge is 2.28. The molecule has 0 saturated carbocycles. The average molecular weight is 383 g/mol. The normalized spacial score (nSPS) is 11.5. The second-order valence-electron chi connectivity index (χ2n) is 6.70. The van der Waals surface area contributed by atoms with E-state index in [1.54, 1.807) is 4.90 Å². The first kappa shape index (κ1) is 21.5. The number of nitrogens with one attached hydrogen (secondary N) is 1. The van der Waals surface area contributed by atoms with Crippen LogP contribution in [0.4, 0.5) is 0 Å². The van der Waals surface area contributed by atoms with Crippen LogP contribution in [-0.4, -0.2) is 42.5 Å². The monoisotopic (exact) mass is 382 g/mol. The van der Waals surface area contributed by atoms with E-state index in [2.05, 4.69) is 5.32 Å². The van der Waals surface area contributed by atoms with E-state index in [1.165, 1.54) is 0 Å². The molecule has 2 rings (SSSR count). The summed E-state index contributed by atoms with van der Waals surface area (Å²) in [7, 11) is 0. The summed E-state index contributed by atoms with van der Waals surface area (Å²) in [6, 6.07) is 17.1. The van der Waals surface area contributed by atoms with Gasteiger partial charge in [0.1, 0.15) is 11.8 Å². The molecule has 2 aromatic carbocycles. The lowest BCUT2D eigenvalue weighted by molar-refractivity contribution is -0.142. The molecule has 0 saturated heterocycles. The Morgan fingerprint density at radius 3 is 2.36 bits per heavy atom. The highest BCUT2D eigenvalue weighted by atomic mass is 16.5. The van der Waals surface area contributed by atoms with Crippen molar-refractivity contribution in [3.63, 3.8) is 0 Å². The average Bonchev–Trinajstić information content (AvgIpc) is 2.71. The van der Waals surface area contributed by atoms with Crippen LogP contribution in [0.5, 0.6) is 5.75 Å². The van der Waals surface area contributed by atoms with Crippen LogP contribution in [0, 0.1) is 6.92 Å². The molecular weight excluding hydrogens is 352 g/mol. The Bertz CT molecular complexity index is 761. The van der Waals surface area contributed by atoms with Gasteiger partial charge in [0.05, 0.1) is 0 Å². The van der Waals surface area contributed by atoms with Crippen molar-refractivity contribution in [3.05, 3.63) is 65.7 Å². The van der Waals surface area contributed by atoms with Gasteiger partial charge in [-0.15, -0.1) is 0 Å². The Morgan fingerprint density at radius 1 is 1.04 bits per heavy atom. The van der Waals surface area contributed by atoms with Gasteiger partial charge in [-0.3, -0.25) is 9.59 Å².